The molecule has 1 aliphatic rings. The molecule has 1 atom stereocenters. The lowest BCUT2D eigenvalue weighted by molar-refractivity contribution is 0.103. The zero-order valence-electron chi connectivity index (χ0n) is 8.20. The molecule has 1 saturated heterocycles. The van der Waals surface area contributed by atoms with Crippen LogP contribution < -0.4 is 10.1 Å². The van der Waals surface area contributed by atoms with Gasteiger partial charge in [0.1, 0.15) is 12.4 Å². The molecule has 16 heavy (non-hydrogen) atoms. The second kappa shape index (κ2) is 4.34. The van der Waals surface area contributed by atoms with E-state index in [-0.39, 0.29) is 12.4 Å². The normalized spacial score (nSPS) is 19.1. The number of hydrogen-bond acceptors (Lipinski definition) is 3. The number of carbonyl (C=O) groups excluding carboxylic acids is 1. The van der Waals surface area contributed by atoms with E-state index in [0.29, 0.717) is 6.54 Å². The van der Waals surface area contributed by atoms with Crippen molar-refractivity contribution in [3.8, 4) is 5.75 Å². The van der Waals surface area contributed by atoms with Crippen LogP contribution >= 0.6 is 0 Å². The highest BCUT2D eigenvalue weighted by atomic mass is 19.1. The van der Waals surface area contributed by atoms with Crippen LogP contribution in [-0.4, -0.2) is 25.3 Å². The standard InChI is InChI=1S/C10H9F2NO3/c11-6-1-2-8(12)9(3-6)15-5-7-4-13-10(14)16-7/h1-3,7H,4-5H2,(H,13,14). The lowest BCUT2D eigenvalue weighted by Crippen LogP contribution is -2.22. The van der Waals surface area contributed by atoms with E-state index in [1.165, 1.54) is 0 Å². The summed E-state index contributed by atoms with van der Waals surface area (Å²) in [4.78, 5) is 10.7. The van der Waals surface area contributed by atoms with E-state index in [1.807, 2.05) is 0 Å². The summed E-state index contributed by atoms with van der Waals surface area (Å²) in [6, 6.07) is 2.92. The zero-order valence-corrected chi connectivity index (χ0v) is 8.20. The van der Waals surface area contributed by atoms with Gasteiger partial charge in [-0.15, -0.1) is 0 Å². The van der Waals surface area contributed by atoms with Crippen molar-refractivity contribution < 1.29 is 23.0 Å². The van der Waals surface area contributed by atoms with Gasteiger partial charge < -0.3 is 14.8 Å². The van der Waals surface area contributed by atoms with Crippen molar-refractivity contribution >= 4 is 6.09 Å². The first-order chi connectivity index (χ1) is 7.65. The van der Waals surface area contributed by atoms with Crippen LogP contribution in [0.1, 0.15) is 0 Å². The van der Waals surface area contributed by atoms with Gasteiger partial charge in [-0.25, -0.2) is 13.6 Å². The Morgan fingerprint density at radius 1 is 1.50 bits per heavy atom. The molecule has 0 bridgehead atoms. The number of ether oxygens (including phenoxy) is 2. The average molecular weight is 229 g/mol. The molecule has 2 rings (SSSR count). The van der Waals surface area contributed by atoms with Gasteiger partial charge in [0, 0.05) is 6.07 Å². The van der Waals surface area contributed by atoms with Crippen LogP contribution in [0.15, 0.2) is 18.2 Å². The minimum absolute atomic E-state index is 0.0148. The maximum Gasteiger partial charge on any atom is 0.407 e. The molecule has 1 heterocycles. The fraction of sp³-hybridized carbons (Fsp3) is 0.300. The molecule has 1 fully saturated rings. The minimum Gasteiger partial charge on any atom is -0.486 e. The molecule has 1 aromatic rings. The largest absolute Gasteiger partial charge is 0.486 e. The third kappa shape index (κ3) is 2.39. The van der Waals surface area contributed by atoms with Crippen molar-refractivity contribution in [1.29, 1.82) is 0 Å². The van der Waals surface area contributed by atoms with Gasteiger partial charge in [0.05, 0.1) is 6.54 Å². The van der Waals surface area contributed by atoms with Crippen LogP contribution in [-0.2, 0) is 4.74 Å². The van der Waals surface area contributed by atoms with Crippen molar-refractivity contribution in [3.63, 3.8) is 0 Å². The van der Waals surface area contributed by atoms with E-state index in [1.54, 1.807) is 0 Å². The second-order valence-electron chi connectivity index (χ2n) is 3.29. The highest BCUT2D eigenvalue weighted by Crippen LogP contribution is 2.18. The number of benzene rings is 1. The van der Waals surface area contributed by atoms with Gasteiger partial charge in [0.25, 0.3) is 0 Å². The maximum atomic E-state index is 13.1. The number of cyclic esters (lactones) is 1. The monoisotopic (exact) mass is 229 g/mol. The smallest absolute Gasteiger partial charge is 0.407 e. The fourth-order valence-corrected chi connectivity index (χ4v) is 1.30. The predicted molar refractivity (Wildman–Crippen MR) is 50.1 cm³/mol. The minimum atomic E-state index is -0.654. The van der Waals surface area contributed by atoms with Gasteiger partial charge in [-0.3, -0.25) is 0 Å². The van der Waals surface area contributed by atoms with Crippen molar-refractivity contribution in [2.75, 3.05) is 13.2 Å². The van der Waals surface area contributed by atoms with Gasteiger partial charge in [-0.2, -0.15) is 0 Å². The molecule has 4 nitrogen and oxygen atoms in total. The van der Waals surface area contributed by atoms with Crippen molar-refractivity contribution in [2.24, 2.45) is 0 Å². The topological polar surface area (TPSA) is 47.6 Å². The van der Waals surface area contributed by atoms with Crippen LogP contribution in [0.2, 0.25) is 0 Å². The number of halogens is 2. The van der Waals surface area contributed by atoms with Crippen LogP contribution in [0.4, 0.5) is 13.6 Å². The first-order valence-corrected chi connectivity index (χ1v) is 4.67. The number of nitrogens with one attached hydrogen (secondary N) is 1. The summed E-state index contributed by atoms with van der Waals surface area (Å²) in [5.74, 6) is -1.43. The average Bonchev–Trinajstić information content (AvgIpc) is 2.66. The molecular weight excluding hydrogens is 220 g/mol. The summed E-state index contributed by atoms with van der Waals surface area (Å²) in [6.45, 7) is 0.287. The second-order valence-corrected chi connectivity index (χ2v) is 3.29. The Kier molecular flexibility index (Phi) is 2.89. The maximum absolute atomic E-state index is 13.1. The highest BCUT2D eigenvalue weighted by molar-refractivity contribution is 5.69. The summed E-state index contributed by atoms with van der Waals surface area (Å²) in [7, 11) is 0. The SMILES string of the molecule is O=C1NCC(COc2cc(F)ccc2F)O1. The quantitative estimate of drug-likeness (QED) is 0.853. The molecule has 86 valence electrons. The summed E-state index contributed by atoms with van der Waals surface area (Å²) in [6.07, 6.45) is -1.01. The molecule has 0 aromatic heterocycles. The van der Waals surface area contributed by atoms with Gasteiger partial charge in [0.15, 0.2) is 17.7 Å². The molecule has 1 N–H and O–H groups in total. The molecule has 6 heteroatoms. The summed E-state index contributed by atoms with van der Waals surface area (Å²) < 4.78 is 35.7. The Bertz CT molecular complexity index is 411. The molecule has 1 aliphatic heterocycles. The Balaban J connectivity index is 1.94. The predicted octanol–water partition coefficient (Wildman–Crippen LogP) is 1.45. The number of amides is 1. The van der Waals surface area contributed by atoms with E-state index < -0.39 is 23.8 Å². The van der Waals surface area contributed by atoms with Crippen LogP contribution in [0, 0.1) is 11.6 Å². The number of alkyl carbamates (subject to hydrolysis) is 1. The van der Waals surface area contributed by atoms with Crippen LogP contribution in [0.25, 0.3) is 0 Å². The zero-order chi connectivity index (χ0) is 11.5. The van der Waals surface area contributed by atoms with Gasteiger partial charge in [-0.1, -0.05) is 0 Å². The Morgan fingerprint density at radius 2 is 2.31 bits per heavy atom. The molecule has 0 aliphatic carbocycles. The van der Waals surface area contributed by atoms with E-state index in [0.717, 1.165) is 18.2 Å². The number of carbonyl (C=O) groups is 1. The van der Waals surface area contributed by atoms with Crippen molar-refractivity contribution in [3.05, 3.63) is 29.8 Å². The number of rotatable bonds is 3. The Labute approximate surface area is 90.2 Å². The van der Waals surface area contributed by atoms with Crippen molar-refractivity contribution in [2.45, 2.75) is 6.10 Å². The van der Waals surface area contributed by atoms with Crippen LogP contribution in [0.3, 0.4) is 0 Å². The lowest BCUT2D eigenvalue weighted by atomic mass is 10.3. The number of hydrogen-bond donors (Lipinski definition) is 1. The van der Waals surface area contributed by atoms with Gasteiger partial charge >= 0.3 is 6.09 Å². The summed E-state index contributed by atoms with van der Waals surface area (Å²) in [5, 5.41) is 2.42. The molecule has 1 aromatic carbocycles. The van der Waals surface area contributed by atoms with Crippen LogP contribution in [0.5, 0.6) is 5.75 Å². The van der Waals surface area contributed by atoms with Gasteiger partial charge in [-0.05, 0) is 12.1 Å². The lowest BCUT2D eigenvalue weighted by Gasteiger charge is -2.10. The first-order valence-electron chi connectivity index (χ1n) is 4.67. The Hall–Kier alpha value is -1.85. The van der Waals surface area contributed by atoms with E-state index >= 15 is 0 Å². The molecule has 0 radical (unpaired) electrons. The molecule has 0 saturated carbocycles. The first kappa shape index (κ1) is 10.7. The van der Waals surface area contributed by atoms with E-state index in [2.05, 4.69) is 5.32 Å². The van der Waals surface area contributed by atoms with E-state index in [4.69, 9.17) is 9.47 Å². The highest BCUT2D eigenvalue weighted by Gasteiger charge is 2.23. The Morgan fingerprint density at radius 3 is 3.00 bits per heavy atom. The molecule has 1 amide bonds. The third-order valence-corrected chi connectivity index (χ3v) is 2.07. The summed E-state index contributed by atoms with van der Waals surface area (Å²) >= 11 is 0. The van der Waals surface area contributed by atoms with Crippen molar-refractivity contribution in [1.82, 2.24) is 5.32 Å². The summed E-state index contributed by atoms with van der Waals surface area (Å²) in [5.41, 5.74) is 0. The van der Waals surface area contributed by atoms with Gasteiger partial charge in [0.2, 0.25) is 0 Å². The third-order valence-electron chi connectivity index (χ3n) is 2.07. The molecule has 0 spiro atoms. The fourth-order valence-electron chi connectivity index (χ4n) is 1.30. The van der Waals surface area contributed by atoms with E-state index in [9.17, 15) is 13.6 Å². The molecule has 1 unspecified atom stereocenters. The molecular formula is C10H9F2NO3.